The molecular formula is C11H16NO. The minimum absolute atomic E-state index is 0.658. The highest BCUT2D eigenvalue weighted by molar-refractivity contribution is 5.13. The number of benzene rings is 1. The average Bonchev–Trinajstić information content (AvgIpc) is 2.19. The molecule has 0 spiro atoms. The van der Waals surface area contributed by atoms with Gasteiger partial charge in [-0.15, -0.1) is 0 Å². The van der Waals surface area contributed by atoms with Crippen LogP contribution >= 0.6 is 0 Å². The van der Waals surface area contributed by atoms with Gasteiger partial charge >= 0.3 is 0 Å². The average molecular weight is 178 g/mol. The lowest BCUT2D eigenvalue weighted by atomic mass is 10.2. The fourth-order valence-electron chi connectivity index (χ4n) is 1.01. The number of ether oxygens (including phenoxy) is 1. The van der Waals surface area contributed by atoms with Crippen LogP contribution in [0.4, 0.5) is 0 Å². The summed E-state index contributed by atoms with van der Waals surface area (Å²) in [5.74, 6) is 0. The molecule has 71 valence electrons. The Hall–Kier alpha value is -0.860. The zero-order chi connectivity index (χ0) is 9.36. The van der Waals surface area contributed by atoms with E-state index in [9.17, 15) is 0 Å². The van der Waals surface area contributed by atoms with Crippen LogP contribution in [-0.2, 0) is 11.3 Å². The summed E-state index contributed by atoms with van der Waals surface area (Å²) < 4.78 is 5.34. The van der Waals surface area contributed by atoms with E-state index in [0.717, 1.165) is 19.4 Å². The summed E-state index contributed by atoms with van der Waals surface area (Å²) in [6, 6.07) is 10.1. The monoisotopic (exact) mass is 178 g/mol. The van der Waals surface area contributed by atoms with Crippen LogP contribution < -0.4 is 5.73 Å². The number of hydrogen-bond acceptors (Lipinski definition) is 2. The molecule has 1 radical (unpaired) electrons. The highest BCUT2D eigenvalue weighted by Crippen LogP contribution is 2.03. The molecule has 2 heteroatoms. The molecule has 0 aliphatic rings. The number of rotatable bonds is 6. The van der Waals surface area contributed by atoms with E-state index in [4.69, 9.17) is 10.5 Å². The molecule has 0 amide bonds. The second kappa shape index (κ2) is 6.63. The van der Waals surface area contributed by atoms with Crippen molar-refractivity contribution in [3.8, 4) is 0 Å². The SMILES string of the molecule is NCCC[CH]OCc1ccccc1. The maximum absolute atomic E-state index is 5.35. The lowest BCUT2D eigenvalue weighted by Gasteiger charge is -2.02. The van der Waals surface area contributed by atoms with Crippen LogP contribution in [0, 0.1) is 6.61 Å². The summed E-state index contributed by atoms with van der Waals surface area (Å²) in [7, 11) is 0. The molecular weight excluding hydrogens is 162 g/mol. The van der Waals surface area contributed by atoms with Crippen LogP contribution in [0.3, 0.4) is 0 Å². The normalized spacial score (nSPS) is 10.2. The van der Waals surface area contributed by atoms with Crippen molar-refractivity contribution >= 4 is 0 Å². The van der Waals surface area contributed by atoms with Crippen molar-refractivity contribution in [3.05, 3.63) is 42.5 Å². The van der Waals surface area contributed by atoms with Crippen molar-refractivity contribution in [2.75, 3.05) is 6.54 Å². The van der Waals surface area contributed by atoms with E-state index < -0.39 is 0 Å². The zero-order valence-electron chi connectivity index (χ0n) is 7.78. The first-order chi connectivity index (χ1) is 6.43. The predicted octanol–water partition coefficient (Wildman–Crippen LogP) is 2.10. The van der Waals surface area contributed by atoms with Crippen molar-refractivity contribution in [2.24, 2.45) is 5.73 Å². The summed E-state index contributed by atoms with van der Waals surface area (Å²) in [5, 5.41) is 0. The van der Waals surface area contributed by atoms with Crippen molar-refractivity contribution < 1.29 is 4.74 Å². The molecule has 1 rings (SSSR count). The second-order valence-electron chi connectivity index (χ2n) is 2.89. The smallest absolute Gasteiger partial charge is 0.0841 e. The Kier molecular flexibility index (Phi) is 5.22. The minimum Gasteiger partial charge on any atom is -0.371 e. The zero-order valence-corrected chi connectivity index (χ0v) is 7.78. The van der Waals surface area contributed by atoms with Crippen molar-refractivity contribution in [3.63, 3.8) is 0 Å². The molecule has 0 bridgehead atoms. The third-order valence-electron chi connectivity index (χ3n) is 1.74. The Bertz CT molecular complexity index is 211. The van der Waals surface area contributed by atoms with Gasteiger partial charge in [-0.1, -0.05) is 30.3 Å². The quantitative estimate of drug-likeness (QED) is 0.677. The van der Waals surface area contributed by atoms with Crippen LogP contribution in [0.1, 0.15) is 18.4 Å². The first-order valence-electron chi connectivity index (χ1n) is 4.61. The van der Waals surface area contributed by atoms with Crippen LogP contribution in [0.5, 0.6) is 0 Å². The Labute approximate surface area is 79.7 Å². The van der Waals surface area contributed by atoms with E-state index in [1.54, 1.807) is 0 Å². The number of hydrogen-bond donors (Lipinski definition) is 1. The lowest BCUT2D eigenvalue weighted by molar-refractivity contribution is 0.177. The summed E-state index contributed by atoms with van der Waals surface area (Å²) in [6.07, 6.45) is 1.93. The molecule has 0 aliphatic carbocycles. The summed E-state index contributed by atoms with van der Waals surface area (Å²) >= 11 is 0. The Morgan fingerprint density at radius 1 is 1.23 bits per heavy atom. The van der Waals surface area contributed by atoms with Gasteiger partial charge in [0.25, 0.3) is 0 Å². The molecule has 0 unspecified atom stereocenters. The van der Waals surface area contributed by atoms with Gasteiger partial charge in [0.2, 0.25) is 0 Å². The van der Waals surface area contributed by atoms with E-state index in [1.165, 1.54) is 5.56 Å². The molecule has 1 aromatic carbocycles. The minimum atomic E-state index is 0.658. The second-order valence-corrected chi connectivity index (χ2v) is 2.89. The van der Waals surface area contributed by atoms with Crippen molar-refractivity contribution in [1.82, 2.24) is 0 Å². The van der Waals surface area contributed by atoms with E-state index in [2.05, 4.69) is 12.1 Å². The summed E-state index contributed by atoms with van der Waals surface area (Å²) in [5.41, 5.74) is 6.55. The van der Waals surface area contributed by atoms with Crippen LogP contribution in [0.2, 0.25) is 0 Å². The van der Waals surface area contributed by atoms with E-state index >= 15 is 0 Å². The number of nitrogens with two attached hydrogens (primary N) is 1. The van der Waals surface area contributed by atoms with Crippen molar-refractivity contribution in [1.29, 1.82) is 0 Å². The van der Waals surface area contributed by atoms with Gasteiger partial charge in [0.1, 0.15) is 0 Å². The fraction of sp³-hybridized carbons (Fsp3) is 0.364. The first kappa shape index (κ1) is 10.2. The molecule has 0 fully saturated rings. The fourth-order valence-corrected chi connectivity index (χ4v) is 1.01. The predicted molar refractivity (Wildman–Crippen MR) is 53.8 cm³/mol. The van der Waals surface area contributed by atoms with Gasteiger partial charge in [-0.25, -0.2) is 0 Å². The van der Waals surface area contributed by atoms with Gasteiger partial charge in [-0.05, 0) is 24.9 Å². The van der Waals surface area contributed by atoms with Crippen LogP contribution in [0.25, 0.3) is 0 Å². The molecule has 0 aromatic heterocycles. The molecule has 0 saturated carbocycles. The molecule has 1 aromatic rings. The first-order valence-corrected chi connectivity index (χ1v) is 4.61. The molecule has 2 N–H and O–H groups in total. The highest BCUT2D eigenvalue weighted by Gasteiger charge is 1.91. The third kappa shape index (κ3) is 4.65. The summed E-state index contributed by atoms with van der Waals surface area (Å²) in [4.78, 5) is 0. The largest absolute Gasteiger partial charge is 0.371 e. The van der Waals surface area contributed by atoms with Gasteiger partial charge in [0.05, 0.1) is 13.2 Å². The Morgan fingerprint density at radius 3 is 2.69 bits per heavy atom. The van der Waals surface area contributed by atoms with Gasteiger partial charge in [0, 0.05) is 0 Å². The van der Waals surface area contributed by atoms with Crippen LogP contribution in [-0.4, -0.2) is 6.54 Å². The molecule has 0 atom stereocenters. The lowest BCUT2D eigenvalue weighted by Crippen LogP contribution is -1.99. The Balaban J connectivity index is 2.07. The molecule has 0 aliphatic heterocycles. The maximum atomic E-state index is 5.35. The topological polar surface area (TPSA) is 35.2 Å². The van der Waals surface area contributed by atoms with E-state index in [1.807, 2.05) is 24.8 Å². The third-order valence-corrected chi connectivity index (χ3v) is 1.74. The van der Waals surface area contributed by atoms with Crippen LogP contribution in [0.15, 0.2) is 30.3 Å². The molecule has 0 heterocycles. The standard InChI is InChI=1S/C11H16NO/c12-8-4-5-9-13-10-11-6-2-1-3-7-11/h1-3,6-7,9H,4-5,8,10,12H2. The van der Waals surface area contributed by atoms with E-state index in [0.29, 0.717) is 6.61 Å². The maximum Gasteiger partial charge on any atom is 0.0841 e. The molecule has 13 heavy (non-hydrogen) atoms. The number of unbranched alkanes of at least 4 members (excludes halogenated alkanes) is 1. The van der Waals surface area contributed by atoms with E-state index in [-0.39, 0.29) is 0 Å². The summed E-state index contributed by atoms with van der Waals surface area (Å²) in [6.45, 7) is 3.22. The molecule has 2 nitrogen and oxygen atoms in total. The van der Waals surface area contributed by atoms with Gasteiger partial charge in [-0.2, -0.15) is 0 Å². The van der Waals surface area contributed by atoms with Gasteiger partial charge in [0.15, 0.2) is 0 Å². The van der Waals surface area contributed by atoms with Gasteiger partial charge in [-0.3, -0.25) is 0 Å². The highest BCUT2D eigenvalue weighted by atomic mass is 16.5. The molecule has 0 saturated heterocycles. The Morgan fingerprint density at radius 2 is 2.00 bits per heavy atom. The van der Waals surface area contributed by atoms with Gasteiger partial charge < -0.3 is 10.5 Å². The van der Waals surface area contributed by atoms with Crippen molar-refractivity contribution in [2.45, 2.75) is 19.4 Å².